The lowest BCUT2D eigenvalue weighted by Crippen LogP contribution is -2.24. The van der Waals surface area contributed by atoms with E-state index in [1.165, 1.54) is 6.07 Å². The quantitative estimate of drug-likeness (QED) is 0.888. The van der Waals surface area contributed by atoms with Gasteiger partial charge in [0, 0.05) is 25.3 Å². The summed E-state index contributed by atoms with van der Waals surface area (Å²) < 4.78 is 13.4. The third kappa shape index (κ3) is 4.34. The van der Waals surface area contributed by atoms with Crippen molar-refractivity contribution in [3.05, 3.63) is 64.7 Å². The largest absolute Gasteiger partial charge is 0.326 e. The molecule has 0 saturated carbocycles. The standard InChI is InChI=1S/C17H22FN3/c1-3-21(12-17-6-4-5-13(2)20-17)11-15-9-16(18)8-7-14(15)10-19/h4-9H,3,10-12,19H2,1-2H3. The van der Waals surface area contributed by atoms with Gasteiger partial charge in [0.1, 0.15) is 5.82 Å². The molecule has 2 N–H and O–H groups in total. The molecule has 0 spiro atoms. The second-order valence-electron chi connectivity index (χ2n) is 5.19. The van der Waals surface area contributed by atoms with Crippen LogP contribution in [0.25, 0.3) is 0 Å². The van der Waals surface area contributed by atoms with Crippen LogP contribution in [0.4, 0.5) is 4.39 Å². The molecule has 1 aromatic carbocycles. The zero-order valence-electron chi connectivity index (χ0n) is 12.6. The molecule has 0 fully saturated rings. The predicted molar refractivity (Wildman–Crippen MR) is 83.1 cm³/mol. The Morgan fingerprint density at radius 1 is 1.14 bits per heavy atom. The molecule has 3 nitrogen and oxygen atoms in total. The van der Waals surface area contributed by atoms with Crippen molar-refractivity contribution in [1.29, 1.82) is 0 Å². The highest BCUT2D eigenvalue weighted by molar-refractivity contribution is 5.27. The molecule has 0 amide bonds. The molecule has 2 rings (SSSR count). The summed E-state index contributed by atoms with van der Waals surface area (Å²) in [6.07, 6.45) is 0. The number of rotatable bonds is 6. The van der Waals surface area contributed by atoms with Gasteiger partial charge in [-0.3, -0.25) is 9.88 Å². The van der Waals surface area contributed by atoms with E-state index < -0.39 is 0 Å². The van der Waals surface area contributed by atoms with E-state index in [9.17, 15) is 4.39 Å². The molecule has 112 valence electrons. The molecule has 0 saturated heterocycles. The Kier molecular flexibility index (Phi) is 5.42. The average Bonchev–Trinajstić information content (AvgIpc) is 2.47. The number of hydrogen-bond donors (Lipinski definition) is 1. The molecule has 21 heavy (non-hydrogen) atoms. The van der Waals surface area contributed by atoms with Crippen molar-refractivity contribution < 1.29 is 4.39 Å². The zero-order valence-corrected chi connectivity index (χ0v) is 12.6. The van der Waals surface area contributed by atoms with Gasteiger partial charge in [-0.05, 0) is 48.9 Å². The Hall–Kier alpha value is -1.78. The molecule has 1 heterocycles. The maximum atomic E-state index is 13.4. The van der Waals surface area contributed by atoms with Gasteiger partial charge in [0.25, 0.3) is 0 Å². The fourth-order valence-corrected chi connectivity index (χ4v) is 2.38. The summed E-state index contributed by atoms with van der Waals surface area (Å²) in [6, 6.07) is 10.8. The minimum absolute atomic E-state index is 0.216. The van der Waals surface area contributed by atoms with Crippen molar-refractivity contribution in [1.82, 2.24) is 9.88 Å². The van der Waals surface area contributed by atoms with Crippen LogP contribution in [0.3, 0.4) is 0 Å². The lowest BCUT2D eigenvalue weighted by molar-refractivity contribution is 0.267. The Morgan fingerprint density at radius 2 is 1.95 bits per heavy atom. The highest BCUT2D eigenvalue weighted by Gasteiger charge is 2.10. The SMILES string of the molecule is CCN(Cc1cccc(C)n1)Cc1cc(F)ccc1CN. The Balaban J connectivity index is 2.14. The molecule has 2 aromatic rings. The number of halogens is 1. The van der Waals surface area contributed by atoms with Gasteiger partial charge < -0.3 is 5.73 Å². The first-order chi connectivity index (χ1) is 10.1. The Morgan fingerprint density at radius 3 is 2.62 bits per heavy atom. The summed E-state index contributed by atoms with van der Waals surface area (Å²) in [5.74, 6) is -0.216. The van der Waals surface area contributed by atoms with Crippen LogP contribution in [0, 0.1) is 12.7 Å². The van der Waals surface area contributed by atoms with Gasteiger partial charge in [0.05, 0.1) is 5.69 Å². The fourth-order valence-electron chi connectivity index (χ4n) is 2.38. The van der Waals surface area contributed by atoms with E-state index in [-0.39, 0.29) is 5.82 Å². The lowest BCUT2D eigenvalue weighted by Gasteiger charge is -2.21. The van der Waals surface area contributed by atoms with Crippen LogP contribution < -0.4 is 5.73 Å². The van der Waals surface area contributed by atoms with Crippen LogP contribution in [0.5, 0.6) is 0 Å². The summed E-state index contributed by atoms with van der Waals surface area (Å²) in [4.78, 5) is 6.75. The van der Waals surface area contributed by atoms with E-state index in [1.807, 2.05) is 25.1 Å². The zero-order chi connectivity index (χ0) is 15.2. The van der Waals surface area contributed by atoms with Gasteiger partial charge in [0.15, 0.2) is 0 Å². The third-order valence-electron chi connectivity index (χ3n) is 3.56. The van der Waals surface area contributed by atoms with Crippen molar-refractivity contribution in [3.8, 4) is 0 Å². The molecular weight excluding hydrogens is 265 g/mol. The molecule has 0 unspecified atom stereocenters. The van der Waals surface area contributed by atoms with Crippen molar-refractivity contribution in [2.75, 3.05) is 6.54 Å². The minimum atomic E-state index is -0.216. The summed E-state index contributed by atoms with van der Waals surface area (Å²) in [5.41, 5.74) is 9.72. The minimum Gasteiger partial charge on any atom is -0.326 e. The molecular formula is C17H22FN3. The monoisotopic (exact) mass is 287 g/mol. The molecule has 4 heteroatoms. The molecule has 0 radical (unpaired) electrons. The van der Waals surface area contributed by atoms with Gasteiger partial charge in [-0.15, -0.1) is 0 Å². The number of nitrogens with two attached hydrogens (primary N) is 1. The van der Waals surface area contributed by atoms with Crippen LogP contribution in [-0.4, -0.2) is 16.4 Å². The fraction of sp³-hybridized carbons (Fsp3) is 0.353. The summed E-state index contributed by atoms with van der Waals surface area (Å²) >= 11 is 0. The molecule has 0 aliphatic rings. The predicted octanol–water partition coefficient (Wildman–Crippen LogP) is 3.01. The van der Waals surface area contributed by atoms with E-state index in [1.54, 1.807) is 12.1 Å². The highest BCUT2D eigenvalue weighted by Crippen LogP contribution is 2.15. The lowest BCUT2D eigenvalue weighted by atomic mass is 10.1. The van der Waals surface area contributed by atoms with E-state index in [0.717, 1.165) is 35.6 Å². The maximum absolute atomic E-state index is 13.4. The van der Waals surface area contributed by atoms with Crippen LogP contribution >= 0.6 is 0 Å². The first kappa shape index (κ1) is 15.6. The molecule has 1 aromatic heterocycles. The molecule has 0 aliphatic carbocycles. The van der Waals surface area contributed by atoms with E-state index in [0.29, 0.717) is 13.1 Å². The smallest absolute Gasteiger partial charge is 0.123 e. The van der Waals surface area contributed by atoms with Crippen LogP contribution in [0.2, 0.25) is 0 Å². The van der Waals surface area contributed by atoms with Crippen LogP contribution in [0.15, 0.2) is 36.4 Å². The van der Waals surface area contributed by atoms with Gasteiger partial charge in [-0.1, -0.05) is 19.1 Å². The first-order valence-corrected chi connectivity index (χ1v) is 7.24. The van der Waals surface area contributed by atoms with Crippen molar-refractivity contribution in [2.24, 2.45) is 5.73 Å². The van der Waals surface area contributed by atoms with Crippen molar-refractivity contribution in [3.63, 3.8) is 0 Å². The van der Waals surface area contributed by atoms with Gasteiger partial charge >= 0.3 is 0 Å². The summed E-state index contributed by atoms with van der Waals surface area (Å²) in [6.45, 7) is 6.80. The number of aryl methyl sites for hydroxylation is 1. The van der Waals surface area contributed by atoms with Gasteiger partial charge in [-0.2, -0.15) is 0 Å². The molecule has 0 bridgehead atoms. The second-order valence-corrected chi connectivity index (χ2v) is 5.19. The summed E-state index contributed by atoms with van der Waals surface area (Å²) in [5, 5.41) is 0. The average molecular weight is 287 g/mol. The number of nitrogens with zero attached hydrogens (tertiary/aromatic N) is 2. The van der Waals surface area contributed by atoms with E-state index in [2.05, 4.69) is 16.8 Å². The second kappa shape index (κ2) is 7.29. The van der Waals surface area contributed by atoms with Crippen LogP contribution in [-0.2, 0) is 19.6 Å². The van der Waals surface area contributed by atoms with Gasteiger partial charge in [0.2, 0.25) is 0 Å². The normalized spacial score (nSPS) is 11.1. The molecule has 0 atom stereocenters. The Bertz CT molecular complexity index is 598. The van der Waals surface area contributed by atoms with Crippen LogP contribution in [0.1, 0.15) is 29.4 Å². The van der Waals surface area contributed by atoms with Crippen molar-refractivity contribution in [2.45, 2.75) is 33.5 Å². The topological polar surface area (TPSA) is 42.2 Å². The Labute approximate surface area is 125 Å². The first-order valence-electron chi connectivity index (χ1n) is 7.24. The van der Waals surface area contributed by atoms with E-state index in [4.69, 9.17) is 5.73 Å². The number of hydrogen-bond acceptors (Lipinski definition) is 3. The van der Waals surface area contributed by atoms with Crippen molar-refractivity contribution >= 4 is 0 Å². The number of pyridine rings is 1. The summed E-state index contributed by atoms with van der Waals surface area (Å²) in [7, 11) is 0. The number of aromatic nitrogens is 1. The highest BCUT2D eigenvalue weighted by atomic mass is 19.1. The van der Waals surface area contributed by atoms with E-state index >= 15 is 0 Å². The molecule has 0 aliphatic heterocycles. The number of benzene rings is 1. The maximum Gasteiger partial charge on any atom is 0.123 e. The van der Waals surface area contributed by atoms with Gasteiger partial charge in [-0.25, -0.2) is 4.39 Å². The third-order valence-corrected chi connectivity index (χ3v) is 3.56.